The topological polar surface area (TPSA) is 89.6 Å². The summed E-state index contributed by atoms with van der Waals surface area (Å²) in [5.74, 6) is 0.142. The van der Waals surface area contributed by atoms with Crippen molar-refractivity contribution in [1.29, 1.82) is 0 Å². The third-order valence-electron chi connectivity index (χ3n) is 5.36. The maximum absolute atomic E-state index is 13.2. The van der Waals surface area contributed by atoms with E-state index in [0.717, 1.165) is 5.56 Å². The van der Waals surface area contributed by atoms with E-state index in [0.29, 0.717) is 47.8 Å². The largest absolute Gasteiger partial charge is 0.282 e. The smallest absolute Gasteiger partial charge is 0.263 e. The fraction of sp³-hybridized carbons (Fsp3) is 0.227. The fourth-order valence-corrected chi connectivity index (χ4v) is 4.67. The lowest BCUT2D eigenvalue weighted by Crippen LogP contribution is -2.33. The minimum atomic E-state index is -0.230. The number of rotatable bonds is 5. The van der Waals surface area contributed by atoms with Crippen LogP contribution in [0.4, 0.5) is 0 Å². The quantitative estimate of drug-likeness (QED) is 0.449. The Bertz CT molecular complexity index is 1360. The zero-order valence-electron chi connectivity index (χ0n) is 16.6. The van der Waals surface area contributed by atoms with E-state index in [1.54, 1.807) is 10.6 Å². The second kappa shape index (κ2) is 7.99. The SMILES string of the molecule is O=C1CCCN1C(=O)CSc1nnc2n(Cc3ccccc3)c(=O)c3ccccc3n12. The molecule has 0 aliphatic carbocycles. The molecule has 5 rings (SSSR count). The number of carbonyl (C=O) groups is 2. The van der Waals surface area contributed by atoms with Crippen molar-refractivity contribution in [1.82, 2.24) is 24.1 Å². The highest BCUT2D eigenvalue weighted by Gasteiger charge is 2.27. The number of amides is 2. The highest BCUT2D eigenvalue weighted by atomic mass is 32.2. The summed E-state index contributed by atoms with van der Waals surface area (Å²) in [6.07, 6.45) is 1.13. The van der Waals surface area contributed by atoms with Gasteiger partial charge in [-0.3, -0.25) is 28.3 Å². The van der Waals surface area contributed by atoms with Gasteiger partial charge in [-0.25, -0.2) is 0 Å². The Morgan fingerprint density at radius 3 is 2.55 bits per heavy atom. The van der Waals surface area contributed by atoms with Crippen LogP contribution in [0.2, 0.25) is 0 Å². The van der Waals surface area contributed by atoms with Gasteiger partial charge in [0.1, 0.15) is 0 Å². The van der Waals surface area contributed by atoms with Crippen LogP contribution in [-0.4, -0.2) is 48.2 Å². The van der Waals surface area contributed by atoms with Gasteiger partial charge in [0, 0.05) is 13.0 Å². The van der Waals surface area contributed by atoms with E-state index in [1.807, 2.05) is 52.9 Å². The summed E-state index contributed by atoms with van der Waals surface area (Å²) in [6.45, 7) is 0.830. The van der Waals surface area contributed by atoms with E-state index >= 15 is 0 Å². The zero-order chi connectivity index (χ0) is 21.4. The number of likely N-dealkylation sites (tertiary alicyclic amines) is 1. The van der Waals surface area contributed by atoms with Crippen LogP contribution >= 0.6 is 11.8 Å². The molecule has 2 amide bonds. The number of hydrogen-bond donors (Lipinski definition) is 0. The van der Waals surface area contributed by atoms with Gasteiger partial charge in [0.05, 0.1) is 23.2 Å². The number of hydrogen-bond acceptors (Lipinski definition) is 6. The van der Waals surface area contributed by atoms with Crippen molar-refractivity contribution in [3.8, 4) is 0 Å². The summed E-state index contributed by atoms with van der Waals surface area (Å²) >= 11 is 1.22. The number of fused-ring (bicyclic) bond motifs is 3. The van der Waals surface area contributed by atoms with Crippen molar-refractivity contribution in [3.63, 3.8) is 0 Å². The average molecular weight is 433 g/mol. The zero-order valence-corrected chi connectivity index (χ0v) is 17.4. The highest BCUT2D eigenvalue weighted by molar-refractivity contribution is 7.99. The van der Waals surface area contributed by atoms with Crippen LogP contribution in [0.25, 0.3) is 16.7 Å². The molecular formula is C22H19N5O3S. The van der Waals surface area contributed by atoms with E-state index in [2.05, 4.69) is 10.2 Å². The monoisotopic (exact) mass is 433 g/mol. The summed E-state index contributed by atoms with van der Waals surface area (Å²) < 4.78 is 3.41. The molecule has 1 fully saturated rings. The van der Waals surface area contributed by atoms with E-state index in [1.165, 1.54) is 16.7 Å². The summed E-state index contributed by atoms with van der Waals surface area (Å²) in [5, 5.41) is 9.60. The molecular weight excluding hydrogens is 414 g/mol. The predicted molar refractivity (Wildman–Crippen MR) is 117 cm³/mol. The standard InChI is InChI=1S/C22H19N5O3S/c28-18-11-6-12-25(18)19(29)14-31-22-24-23-21-26(13-15-7-2-1-3-8-15)20(30)16-9-4-5-10-17(16)27(21)22/h1-5,7-10H,6,11-14H2. The van der Waals surface area contributed by atoms with E-state index < -0.39 is 0 Å². The van der Waals surface area contributed by atoms with Crippen molar-refractivity contribution in [2.24, 2.45) is 0 Å². The second-order valence-corrected chi connectivity index (χ2v) is 8.29. The molecule has 0 spiro atoms. The van der Waals surface area contributed by atoms with Crippen molar-refractivity contribution >= 4 is 40.3 Å². The molecule has 0 radical (unpaired) electrons. The Hall–Kier alpha value is -3.46. The molecule has 156 valence electrons. The van der Waals surface area contributed by atoms with Gasteiger partial charge in [-0.1, -0.05) is 54.2 Å². The molecule has 1 aliphatic heterocycles. The number of carbonyl (C=O) groups excluding carboxylic acids is 2. The minimum Gasteiger partial charge on any atom is -0.282 e. The summed E-state index contributed by atoms with van der Waals surface area (Å²) in [6, 6.07) is 17.0. The molecule has 0 saturated carbocycles. The van der Waals surface area contributed by atoms with Crippen LogP contribution in [0.1, 0.15) is 18.4 Å². The molecule has 9 heteroatoms. The third kappa shape index (κ3) is 3.50. The first-order valence-electron chi connectivity index (χ1n) is 10.00. The molecule has 0 unspecified atom stereocenters. The first-order valence-corrected chi connectivity index (χ1v) is 11.0. The van der Waals surface area contributed by atoms with Crippen LogP contribution in [0.15, 0.2) is 64.5 Å². The molecule has 8 nitrogen and oxygen atoms in total. The molecule has 0 atom stereocenters. The van der Waals surface area contributed by atoms with Gasteiger partial charge >= 0.3 is 0 Å². The Balaban J connectivity index is 1.57. The van der Waals surface area contributed by atoms with Gasteiger partial charge in [-0.15, -0.1) is 10.2 Å². The fourth-order valence-electron chi connectivity index (χ4n) is 3.85. The van der Waals surface area contributed by atoms with Crippen molar-refractivity contribution in [2.75, 3.05) is 12.3 Å². The van der Waals surface area contributed by atoms with Crippen LogP contribution in [0.5, 0.6) is 0 Å². The number of nitrogens with zero attached hydrogens (tertiary/aromatic N) is 5. The molecule has 2 aromatic heterocycles. The molecule has 2 aromatic carbocycles. The molecule has 31 heavy (non-hydrogen) atoms. The highest BCUT2D eigenvalue weighted by Crippen LogP contribution is 2.23. The Morgan fingerprint density at radius 1 is 1.00 bits per heavy atom. The van der Waals surface area contributed by atoms with Gasteiger partial charge in [-0.2, -0.15) is 0 Å². The molecule has 0 bridgehead atoms. The lowest BCUT2D eigenvalue weighted by molar-refractivity contribution is -0.140. The van der Waals surface area contributed by atoms with Crippen molar-refractivity contribution < 1.29 is 9.59 Å². The van der Waals surface area contributed by atoms with Gasteiger partial charge in [0.25, 0.3) is 5.56 Å². The van der Waals surface area contributed by atoms with Crippen molar-refractivity contribution in [2.45, 2.75) is 24.5 Å². The third-order valence-corrected chi connectivity index (χ3v) is 6.27. The van der Waals surface area contributed by atoms with Crippen LogP contribution < -0.4 is 5.56 Å². The minimum absolute atomic E-state index is 0.0820. The lowest BCUT2D eigenvalue weighted by atomic mass is 10.2. The molecule has 1 saturated heterocycles. The van der Waals surface area contributed by atoms with Crippen LogP contribution in [0.3, 0.4) is 0 Å². The molecule has 1 aliphatic rings. The average Bonchev–Trinajstić information content (AvgIpc) is 3.42. The lowest BCUT2D eigenvalue weighted by Gasteiger charge is -2.13. The van der Waals surface area contributed by atoms with Gasteiger partial charge in [0.2, 0.25) is 17.6 Å². The van der Waals surface area contributed by atoms with Crippen LogP contribution in [0, 0.1) is 0 Å². The summed E-state index contributed by atoms with van der Waals surface area (Å²) in [4.78, 5) is 38.8. The predicted octanol–water partition coefficient (Wildman–Crippen LogP) is 2.33. The Labute approximate surface area is 181 Å². The number of aromatic nitrogens is 4. The number of para-hydroxylation sites is 1. The number of imide groups is 1. The van der Waals surface area contributed by atoms with Gasteiger partial charge in [0.15, 0.2) is 5.16 Å². The molecule has 3 heterocycles. The summed E-state index contributed by atoms with van der Waals surface area (Å²) in [7, 11) is 0. The second-order valence-electron chi connectivity index (χ2n) is 7.34. The summed E-state index contributed by atoms with van der Waals surface area (Å²) in [5.41, 5.74) is 1.51. The van der Waals surface area contributed by atoms with E-state index in [9.17, 15) is 14.4 Å². The molecule has 4 aromatic rings. The Kier molecular flexibility index (Phi) is 5.03. The maximum Gasteiger partial charge on any atom is 0.263 e. The number of thioether (sulfide) groups is 1. The van der Waals surface area contributed by atoms with E-state index in [4.69, 9.17) is 0 Å². The van der Waals surface area contributed by atoms with Crippen molar-refractivity contribution in [3.05, 3.63) is 70.5 Å². The van der Waals surface area contributed by atoms with Gasteiger partial charge in [-0.05, 0) is 24.1 Å². The molecule has 0 N–H and O–H groups in total. The maximum atomic E-state index is 13.2. The normalized spacial score (nSPS) is 14.1. The van der Waals surface area contributed by atoms with E-state index in [-0.39, 0.29) is 23.1 Å². The van der Waals surface area contributed by atoms with Gasteiger partial charge < -0.3 is 0 Å². The Morgan fingerprint density at radius 2 is 1.77 bits per heavy atom. The first-order chi connectivity index (χ1) is 15.1. The van der Waals surface area contributed by atoms with Crippen LogP contribution in [-0.2, 0) is 16.1 Å². The first kappa shape index (κ1) is 19.5. The number of benzene rings is 2.